The molecular formula is C32H34F2N6O2. The molecule has 2 N–H and O–H groups in total. The van der Waals surface area contributed by atoms with Gasteiger partial charge in [-0.3, -0.25) is 9.88 Å². The molecule has 0 spiro atoms. The van der Waals surface area contributed by atoms with Gasteiger partial charge < -0.3 is 20.1 Å². The molecule has 8 nitrogen and oxygen atoms in total. The van der Waals surface area contributed by atoms with Gasteiger partial charge in [-0.05, 0) is 55.9 Å². The molecule has 10 heteroatoms. The van der Waals surface area contributed by atoms with Crippen LogP contribution in [0.25, 0.3) is 32.9 Å². The van der Waals surface area contributed by atoms with Gasteiger partial charge >= 0.3 is 6.01 Å². The largest absolute Gasteiger partial charge is 0.508 e. The van der Waals surface area contributed by atoms with Gasteiger partial charge in [0, 0.05) is 49.4 Å². The van der Waals surface area contributed by atoms with Crippen molar-refractivity contribution in [3.05, 3.63) is 47.7 Å². The summed E-state index contributed by atoms with van der Waals surface area (Å²) in [6.45, 7) is 7.56. The summed E-state index contributed by atoms with van der Waals surface area (Å²) in [4.78, 5) is 18.3. The minimum Gasteiger partial charge on any atom is -0.508 e. The van der Waals surface area contributed by atoms with Crippen LogP contribution >= 0.6 is 0 Å². The molecule has 0 aliphatic carbocycles. The van der Waals surface area contributed by atoms with Crippen LogP contribution in [-0.4, -0.2) is 76.9 Å². The number of aromatic hydroxyl groups is 1. The molecule has 0 radical (unpaired) electrons. The molecule has 0 saturated carbocycles. The highest BCUT2D eigenvalue weighted by atomic mass is 19.1. The van der Waals surface area contributed by atoms with Crippen molar-refractivity contribution in [2.24, 2.45) is 0 Å². The third kappa shape index (κ3) is 5.30. The van der Waals surface area contributed by atoms with E-state index in [-0.39, 0.29) is 40.1 Å². The lowest BCUT2D eigenvalue weighted by molar-refractivity contribution is 0.163. The Kier molecular flexibility index (Phi) is 8.05. The number of anilines is 1. The molecule has 4 aromatic rings. The number of hydrogen-bond acceptors (Lipinski definition) is 8. The third-order valence-corrected chi connectivity index (χ3v) is 8.21. The fraction of sp³-hybridized carbons (Fsp3) is 0.406. The number of terminal acetylenes is 1. The molecule has 2 aliphatic rings. The number of benzene rings is 2. The molecule has 2 saturated heterocycles. The van der Waals surface area contributed by atoms with E-state index in [1.807, 2.05) is 0 Å². The van der Waals surface area contributed by atoms with Crippen LogP contribution in [0, 0.1) is 24.0 Å². The highest BCUT2D eigenvalue weighted by Crippen LogP contribution is 2.38. The Morgan fingerprint density at radius 3 is 2.79 bits per heavy atom. The van der Waals surface area contributed by atoms with Crippen molar-refractivity contribution in [2.75, 3.05) is 50.8 Å². The highest BCUT2D eigenvalue weighted by molar-refractivity contribution is 6.03. The van der Waals surface area contributed by atoms with Crippen LogP contribution in [-0.2, 0) is 0 Å². The van der Waals surface area contributed by atoms with Gasteiger partial charge in [0.1, 0.15) is 35.2 Å². The van der Waals surface area contributed by atoms with Crippen LogP contribution in [0.1, 0.15) is 38.2 Å². The summed E-state index contributed by atoms with van der Waals surface area (Å²) in [6, 6.07) is 5.90. The monoisotopic (exact) mass is 572 g/mol. The van der Waals surface area contributed by atoms with E-state index in [0.29, 0.717) is 41.7 Å². The zero-order valence-electron chi connectivity index (χ0n) is 23.7. The molecule has 218 valence electrons. The average Bonchev–Trinajstić information content (AvgIpc) is 3.46. The molecule has 2 aliphatic heterocycles. The minimum absolute atomic E-state index is 0.0267. The molecule has 0 amide bonds. The summed E-state index contributed by atoms with van der Waals surface area (Å²) < 4.78 is 37.4. The second kappa shape index (κ2) is 12.0. The fourth-order valence-electron chi connectivity index (χ4n) is 6.05. The molecule has 0 unspecified atom stereocenters. The first-order valence-electron chi connectivity index (χ1n) is 14.6. The summed E-state index contributed by atoms with van der Waals surface area (Å²) in [5, 5.41) is 15.0. The summed E-state index contributed by atoms with van der Waals surface area (Å²) in [5.74, 6) is 1.48. The normalized spacial score (nSPS) is 17.7. The Hall–Kier alpha value is -4.07. The second-order valence-electron chi connectivity index (χ2n) is 10.9. The number of fused-ring (bicyclic) bond motifs is 2. The molecule has 0 bridgehead atoms. The van der Waals surface area contributed by atoms with Gasteiger partial charge in [-0.1, -0.05) is 25.3 Å². The number of halogens is 2. The van der Waals surface area contributed by atoms with Gasteiger partial charge in [0.25, 0.3) is 0 Å². The van der Waals surface area contributed by atoms with Gasteiger partial charge in [-0.25, -0.2) is 8.78 Å². The van der Waals surface area contributed by atoms with Crippen molar-refractivity contribution in [1.29, 1.82) is 0 Å². The topological polar surface area (TPSA) is 86.6 Å². The van der Waals surface area contributed by atoms with E-state index in [2.05, 4.69) is 37.9 Å². The fourth-order valence-corrected chi connectivity index (χ4v) is 6.05. The predicted molar refractivity (Wildman–Crippen MR) is 160 cm³/mol. The molecule has 6 rings (SSSR count). The van der Waals surface area contributed by atoms with Gasteiger partial charge in [0.05, 0.1) is 10.9 Å². The number of unbranched alkanes of at least 4 members (excludes halogenated alkanes) is 1. The number of ether oxygens (including phenoxy) is 1. The summed E-state index contributed by atoms with van der Waals surface area (Å²) in [5.41, 5.74) is 0.103. The first kappa shape index (κ1) is 28.1. The molecule has 2 aromatic heterocycles. The lowest BCUT2D eigenvalue weighted by Crippen LogP contribution is -2.44. The highest BCUT2D eigenvalue weighted by Gasteiger charge is 2.27. The Morgan fingerprint density at radius 1 is 1.17 bits per heavy atom. The summed E-state index contributed by atoms with van der Waals surface area (Å²) in [7, 11) is 0. The van der Waals surface area contributed by atoms with Crippen molar-refractivity contribution in [3.63, 3.8) is 0 Å². The Balaban J connectivity index is 1.46. The zero-order chi connectivity index (χ0) is 29.2. The van der Waals surface area contributed by atoms with E-state index in [9.17, 15) is 9.50 Å². The maximum absolute atomic E-state index is 16.5. The Labute approximate surface area is 243 Å². The first-order chi connectivity index (χ1) is 20.5. The van der Waals surface area contributed by atoms with Crippen molar-refractivity contribution < 1.29 is 18.6 Å². The zero-order valence-corrected chi connectivity index (χ0v) is 23.7. The number of aromatic nitrogens is 3. The summed E-state index contributed by atoms with van der Waals surface area (Å²) in [6.07, 6.45) is 11.6. The SMILES string of the molecule is C#Cc1c(F)ccc2cc(O)cc(-c3ncc4c(N5CCNCC5)nc(OC[C@@H]5CCCN5CCCC)nc4c3F)c12. The summed E-state index contributed by atoms with van der Waals surface area (Å²) >= 11 is 0. The molecular weight excluding hydrogens is 538 g/mol. The van der Waals surface area contributed by atoms with Gasteiger partial charge in [0.2, 0.25) is 0 Å². The maximum Gasteiger partial charge on any atom is 0.319 e. The van der Waals surface area contributed by atoms with Crippen LogP contribution in [0.2, 0.25) is 0 Å². The van der Waals surface area contributed by atoms with Crippen molar-refractivity contribution in [2.45, 2.75) is 38.6 Å². The Bertz CT molecular complexity index is 1670. The maximum atomic E-state index is 16.5. The van der Waals surface area contributed by atoms with Crippen LogP contribution in [0.4, 0.5) is 14.6 Å². The van der Waals surface area contributed by atoms with Crippen LogP contribution in [0.3, 0.4) is 0 Å². The third-order valence-electron chi connectivity index (χ3n) is 8.21. The molecule has 1 atom stereocenters. The smallest absolute Gasteiger partial charge is 0.319 e. The second-order valence-corrected chi connectivity index (χ2v) is 10.9. The molecule has 42 heavy (non-hydrogen) atoms. The average molecular weight is 573 g/mol. The molecule has 2 fully saturated rings. The van der Waals surface area contributed by atoms with Gasteiger partial charge in [-0.15, -0.1) is 6.42 Å². The molecule has 4 heterocycles. The van der Waals surface area contributed by atoms with Crippen molar-refractivity contribution >= 4 is 27.5 Å². The first-order valence-corrected chi connectivity index (χ1v) is 14.6. The Morgan fingerprint density at radius 2 is 2.00 bits per heavy atom. The number of nitrogens with one attached hydrogen (secondary N) is 1. The van der Waals surface area contributed by atoms with Crippen LogP contribution < -0.4 is 15.0 Å². The van der Waals surface area contributed by atoms with E-state index in [1.165, 1.54) is 30.5 Å². The van der Waals surface area contributed by atoms with Gasteiger partial charge in [-0.2, -0.15) is 9.97 Å². The number of phenolic OH excluding ortho intramolecular Hbond substituents is 1. The lowest BCUT2D eigenvalue weighted by Gasteiger charge is -2.29. The quantitative estimate of drug-likeness (QED) is 0.290. The predicted octanol–water partition coefficient (Wildman–Crippen LogP) is 4.86. The number of nitrogens with zero attached hydrogens (tertiary/aromatic N) is 5. The van der Waals surface area contributed by atoms with E-state index in [0.717, 1.165) is 51.9 Å². The standard InChI is InChI=1S/C32H34F2N6O2/c1-3-5-12-39-13-6-7-21(39)19-42-32-37-30-25(31(38-32)40-14-10-35-11-15-40)18-36-29(28(30)34)24-17-22(41)16-20-8-9-26(33)23(4-2)27(20)24/h2,8-9,16-18,21,35,41H,3,5-7,10-15,19H2,1H3/t21-/m0/s1. The number of pyridine rings is 1. The van der Waals surface area contributed by atoms with Crippen LogP contribution in [0.5, 0.6) is 11.8 Å². The van der Waals surface area contributed by atoms with E-state index >= 15 is 4.39 Å². The van der Waals surface area contributed by atoms with Crippen LogP contribution in [0.15, 0.2) is 30.5 Å². The minimum atomic E-state index is -0.722. The number of phenols is 1. The number of hydrogen-bond donors (Lipinski definition) is 2. The number of piperazine rings is 1. The van der Waals surface area contributed by atoms with E-state index < -0.39 is 11.6 Å². The van der Waals surface area contributed by atoms with Crippen molar-refractivity contribution in [3.8, 4) is 35.4 Å². The number of likely N-dealkylation sites (tertiary alicyclic amines) is 1. The van der Waals surface area contributed by atoms with E-state index in [1.54, 1.807) is 0 Å². The molecule has 2 aromatic carbocycles. The number of rotatable bonds is 8. The van der Waals surface area contributed by atoms with Crippen molar-refractivity contribution in [1.82, 2.24) is 25.2 Å². The van der Waals surface area contributed by atoms with E-state index in [4.69, 9.17) is 16.1 Å². The van der Waals surface area contributed by atoms with Gasteiger partial charge in [0.15, 0.2) is 5.82 Å². The lowest BCUT2D eigenvalue weighted by atomic mass is 9.96.